The van der Waals surface area contributed by atoms with Crippen molar-refractivity contribution < 1.29 is 13.2 Å². The van der Waals surface area contributed by atoms with Crippen LogP contribution in [0.3, 0.4) is 0 Å². The molecule has 1 saturated heterocycles. The molecule has 0 aliphatic carbocycles. The van der Waals surface area contributed by atoms with Crippen molar-refractivity contribution in [1.82, 2.24) is 9.62 Å². The molecule has 0 atom stereocenters. The third kappa shape index (κ3) is 6.08. The average Bonchev–Trinajstić information content (AvgIpc) is 2.79. The highest BCUT2D eigenvalue weighted by Crippen LogP contribution is 2.21. The molecule has 1 N–H and O–H groups in total. The van der Waals surface area contributed by atoms with Crippen LogP contribution in [0.1, 0.15) is 36.0 Å². The minimum absolute atomic E-state index is 0.0991. The molecule has 6 nitrogen and oxygen atoms in total. The summed E-state index contributed by atoms with van der Waals surface area (Å²) in [7, 11) is -3.48. The molecule has 0 radical (unpaired) electrons. The summed E-state index contributed by atoms with van der Waals surface area (Å²) >= 11 is 1.49. The number of nitrogens with zero attached hydrogens (tertiary/aromatic N) is 2. The summed E-state index contributed by atoms with van der Waals surface area (Å²) in [5, 5.41) is 11.7. The average molecular weight is 444 g/mol. The maximum Gasteiger partial charge on any atom is 0.243 e. The molecule has 0 bridgehead atoms. The van der Waals surface area contributed by atoms with Crippen LogP contribution >= 0.6 is 11.8 Å². The molecule has 2 aromatic rings. The second kappa shape index (κ2) is 10.6. The van der Waals surface area contributed by atoms with Gasteiger partial charge in [-0.3, -0.25) is 4.79 Å². The predicted octanol–water partition coefficient (Wildman–Crippen LogP) is 3.28. The highest BCUT2D eigenvalue weighted by molar-refractivity contribution is 7.99. The topological polar surface area (TPSA) is 90.3 Å². The fraction of sp³-hybridized carbons (Fsp3) is 0.364. The summed E-state index contributed by atoms with van der Waals surface area (Å²) in [5.74, 6) is 0.895. The molecule has 1 aliphatic rings. The van der Waals surface area contributed by atoms with Gasteiger partial charge in [0, 0.05) is 25.4 Å². The molecule has 1 amide bonds. The van der Waals surface area contributed by atoms with E-state index < -0.39 is 10.0 Å². The van der Waals surface area contributed by atoms with Crippen molar-refractivity contribution in [3.05, 3.63) is 65.2 Å². The molecule has 30 heavy (non-hydrogen) atoms. The number of hydrogen-bond acceptors (Lipinski definition) is 5. The van der Waals surface area contributed by atoms with Gasteiger partial charge in [-0.05, 0) is 48.2 Å². The third-order valence-electron chi connectivity index (χ3n) is 4.93. The number of carbonyl (C=O) groups is 1. The van der Waals surface area contributed by atoms with Gasteiger partial charge in [-0.15, -0.1) is 11.8 Å². The van der Waals surface area contributed by atoms with Crippen LogP contribution < -0.4 is 5.32 Å². The first-order chi connectivity index (χ1) is 14.5. The smallest absolute Gasteiger partial charge is 0.243 e. The summed E-state index contributed by atoms with van der Waals surface area (Å²) in [5.41, 5.74) is 2.44. The fourth-order valence-corrected chi connectivity index (χ4v) is 5.66. The quantitative estimate of drug-likeness (QED) is 0.676. The zero-order chi connectivity index (χ0) is 21.4. The molecule has 1 heterocycles. The van der Waals surface area contributed by atoms with Crippen molar-refractivity contribution in [3.63, 3.8) is 0 Å². The van der Waals surface area contributed by atoms with E-state index in [-0.39, 0.29) is 10.8 Å². The molecule has 1 aliphatic heterocycles. The number of piperidine rings is 1. The first kappa shape index (κ1) is 22.3. The van der Waals surface area contributed by atoms with Crippen molar-refractivity contribution in [3.8, 4) is 6.07 Å². The highest BCUT2D eigenvalue weighted by Gasteiger charge is 2.25. The summed E-state index contributed by atoms with van der Waals surface area (Å²) in [6.07, 6.45) is 2.87. The molecule has 0 aromatic heterocycles. The zero-order valence-electron chi connectivity index (χ0n) is 16.7. The normalized spacial score (nSPS) is 14.8. The predicted molar refractivity (Wildman–Crippen MR) is 118 cm³/mol. The van der Waals surface area contributed by atoms with Crippen LogP contribution in [0.4, 0.5) is 0 Å². The summed E-state index contributed by atoms with van der Waals surface area (Å²) in [6.45, 7) is 1.43. The van der Waals surface area contributed by atoms with E-state index in [9.17, 15) is 13.2 Å². The van der Waals surface area contributed by atoms with Crippen molar-refractivity contribution >= 4 is 27.7 Å². The minimum atomic E-state index is -3.48. The van der Waals surface area contributed by atoms with Crippen LogP contribution in [0.15, 0.2) is 53.4 Å². The van der Waals surface area contributed by atoms with Gasteiger partial charge < -0.3 is 5.32 Å². The van der Waals surface area contributed by atoms with Crippen molar-refractivity contribution in [2.45, 2.75) is 36.5 Å². The number of nitriles is 1. The van der Waals surface area contributed by atoms with E-state index in [1.165, 1.54) is 11.8 Å². The number of rotatable bonds is 8. The van der Waals surface area contributed by atoms with E-state index in [0.717, 1.165) is 30.4 Å². The van der Waals surface area contributed by atoms with Crippen LogP contribution in [0, 0.1) is 11.3 Å². The molecular weight excluding hydrogens is 418 g/mol. The van der Waals surface area contributed by atoms with Crippen molar-refractivity contribution in [2.24, 2.45) is 0 Å². The lowest BCUT2D eigenvalue weighted by atomic mass is 10.2. The summed E-state index contributed by atoms with van der Waals surface area (Å²) in [4.78, 5) is 12.4. The maximum absolute atomic E-state index is 12.8. The summed E-state index contributed by atoms with van der Waals surface area (Å²) in [6, 6.07) is 16.2. The van der Waals surface area contributed by atoms with Crippen LogP contribution in [-0.4, -0.2) is 37.5 Å². The van der Waals surface area contributed by atoms with Gasteiger partial charge in [-0.25, -0.2) is 8.42 Å². The molecule has 3 rings (SSSR count). The molecule has 0 spiro atoms. The second-order valence-electron chi connectivity index (χ2n) is 7.19. The molecular formula is C22H25N3O3S2. The Hall–Kier alpha value is -2.34. The Bertz CT molecular complexity index is 1010. The number of nitrogens with one attached hydrogen (secondary N) is 1. The van der Waals surface area contributed by atoms with Crippen molar-refractivity contribution in [1.29, 1.82) is 5.26 Å². The Morgan fingerprint density at radius 2 is 1.80 bits per heavy atom. The van der Waals surface area contributed by atoms with Gasteiger partial charge in [-0.1, -0.05) is 30.7 Å². The molecule has 158 valence electrons. The lowest BCUT2D eigenvalue weighted by Crippen LogP contribution is -2.35. The molecule has 0 saturated carbocycles. The zero-order valence-corrected chi connectivity index (χ0v) is 18.3. The van der Waals surface area contributed by atoms with Gasteiger partial charge in [0.2, 0.25) is 15.9 Å². The van der Waals surface area contributed by atoms with Crippen LogP contribution in [0.25, 0.3) is 0 Å². The van der Waals surface area contributed by atoms with Gasteiger partial charge in [0.15, 0.2) is 0 Å². The van der Waals surface area contributed by atoms with Gasteiger partial charge in [0.25, 0.3) is 0 Å². The maximum atomic E-state index is 12.8. The monoisotopic (exact) mass is 443 g/mol. The van der Waals surface area contributed by atoms with Gasteiger partial charge >= 0.3 is 0 Å². The Labute approximate surface area is 182 Å². The lowest BCUT2D eigenvalue weighted by molar-refractivity contribution is -0.118. The minimum Gasteiger partial charge on any atom is -0.351 e. The van der Waals surface area contributed by atoms with E-state index in [1.807, 2.05) is 18.2 Å². The van der Waals surface area contributed by atoms with Crippen LogP contribution in [-0.2, 0) is 27.1 Å². The number of sulfonamides is 1. The second-order valence-corrected chi connectivity index (χ2v) is 10.1. The standard InChI is InChI=1S/C22H25N3O3S2/c23-14-18-7-9-19(10-8-18)16-29-17-22(26)24-15-20-5-4-6-21(13-20)30(27,28)25-11-2-1-3-12-25/h4-10,13H,1-3,11-12,15-17H2,(H,24,26). The van der Waals surface area contributed by atoms with Crippen molar-refractivity contribution in [2.75, 3.05) is 18.8 Å². The van der Waals surface area contributed by atoms with Crippen LogP contribution in [0.5, 0.6) is 0 Å². The molecule has 8 heteroatoms. The Balaban J connectivity index is 1.48. The number of thioether (sulfide) groups is 1. The number of benzene rings is 2. The SMILES string of the molecule is N#Cc1ccc(CSCC(=O)NCc2cccc(S(=O)(=O)N3CCCCC3)c2)cc1. The summed E-state index contributed by atoms with van der Waals surface area (Å²) < 4.78 is 27.2. The number of hydrogen-bond donors (Lipinski definition) is 1. The first-order valence-corrected chi connectivity index (χ1v) is 12.5. The highest BCUT2D eigenvalue weighted by atomic mass is 32.2. The Morgan fingerprint density at radius 3 is 2.50 bits per heavy atom. The van der Waals surface area contributed by atoms with Gasteiger partial charge in [0.1, 0.15) is 0 Å². The van der Waals surface area contributed by atoms with E-state index in [0.29, 0.717) is 36.7 Å². The van der Waals surface area contributed by atoms with Gasteiger partial charge in [0.05, 0.1) is 22.3 Å². The van der Waals surface area contributed by atoms with Crippen LogP contribution in [0.2, 0.25) is 0 Å². The molecule has 0 unspecified atom stereocenters. The van der Waals surface area contributed by atoms with E-state index in [1.54, 1.807) is 34.6 Å². The number of carbonyl (C=O) groups excluding carboxylic acids is 1. The fourth-order valence-electron chi connectivity index (χ4n) is 3.26. The Kier molecular flexibility index (Phi) is 7.91. The number of amides is 1. The first-order valence-electron chi connectivity index (χ1n) is 9.91. The van der Waals surface area contributed by atoms with Gasteiger partial charge in [-0.2, -0.15) is 9.57 Å². The molecule has 2 aromatic carbocycles. The van der Waals surface area contributed by atoms with E-state index in [2.05, 4.69) is 11.4 Å². The van der Waals surface area contributed by atoms with E-state index >= 15 is 0 Å². The van der Waals surface area contributed by atoms with E-state index in [4.69, 9.17) is 5.26 Å². The molecule has 1 fully saturated rings. The lowest BCUT2D eigenvalue weighted by Gasteiger charge is -2.26. The largest absolute Gasteiger partial charge is 0.351 e. The Morgan fingerprint density at radius 1 is 1.07 bits per heavy atom. The third-order valence-corrected chi connectivity index (χ3v) is 7.82.